The highest BCUT2D eigenvalue weighted by Gasteiger charge is 2.10. The lowest BCUT2D eigenvalue weighted by atomic mass is 10.1. The van der Waals surface area contributed by atoms with Gasteiger partial charge in [0.05, 0.1) is 17.5 Å². The van der Waals surface area contributed by atoms with E-state index in [0.29, 0.717) is 25.1 Å². The SMILES string of the molecule is CN=C/C(=C(\C)NCCCNC(=O)c1cnc(C)cn1)c1cncc(C(=O)O)c1. The number of amides is 1. The molecule has 0 atom stereocenters. The summed E-state index contributed by atoms with van der Waals surface area (Å²) in [4.78, 5) is 39.3. The number of carboxylic acids is 1. The first-order valence-corrected chi connectivity index (χ1v) is 9.05. The average Bonchev–Trinajstić information content (AvgIpc) is 2.72. The summed E-state index contributed by atoms with van der Waals surface area (Å²) < 4.78 is 0. The maximum atomic E-state index is 12.0. The van der Waals surface area contributed by atoms with E-state index in [0.717, 1.165) is 17.0 Å². The van der Waals surface area contributed by atoms with Crippen molar-refractivity contribution in [2.24, 2.45) is 4.99 Å². The monoisotopic (exact) mass is 396 g/mol. The molecule has 29 heavy (non-hydrogen) atoms. The zero-order chi connectivity index (χ0) is 21.2. The summed E-state index contributed by atoms with van der Waals surface area (Å²) in [6, 6.07) is 1.56. The molecule has 2 heterocycles. The van der Waals surface area contributed by atoms with Gasteiger partial charge in [0, 0.05) is 61.8 Å². The van der Waals surface area contributed by atoms with Gasteiger partial charge in [-0.1, -0.05) is 0 Å². The molecule has 1 amide bonds. The van der Waals surface area contributed by atoms with Gasteiger partial charge in [0.1, 0.15) is 5.69 Å². The third-order valence-corrected chi connectivity index (χ3v) is 4.00. The first kappa shape index (κ1) is 21.7. The van der Waals surface area contributed by atoms with Crippen molar-refractivity contribution in [2.75, 3.05) is 20.1 Å². The zero-order valence-electron chi connectivity index (χ0n) is 16.6. The summed E-state index contributed by atoms with van der Waals surface area (Å²) in [6.07, 6.45) is 8.24. The fraction of sp³-hybridized carbons (Fsp3) is 0.300. The Bertz CT molecular complexity index is 922. The van der Waals surface area contributed by atoms with Crippen molar-refractivity contribution < 1.29 is 14.7 Å². The summed E-state index contributed by atoms with van der Waals surface area (Å²) in [5.74, 6) is -1.30. The predicted molar refractivity (Wildman–Crippen MR) is 110 cm³/mol. The van der Waals surface area contributed by atoms with E-state index in [1.807, 2.05) is 13.8 Å². The molecule has 0 spiro atoms. The van der Waals surface area contributed by atoms with Crippen LogP contribution in [0.4, 0.5) is 0 Å². The molecule has 3 N–H and O–H groups in total. The third-order valence-electron chi connectivity index (χ3n) is 4.00. The van der Waals surface area contributed by atoms with E-state index in [1.54, 1.807) is 31.7 Å². The van der Waals surface area contributed by atoms with Crippen LogP contribution < -0.4 is 10.6 Å². The largest absolute Gasteiger partial charge is 0.478 e. The number of nitrogens with zero attached hydrogens (tertiary/aromatic N) is 4. The van der Waals surface area contributed by atoms with Gasteiger partial charge in [-0.25, -0.2) is 9.78 Å². The van der Waals surface area contributed by atoms with Crippen molar-refractivity contribution in [3.8, 4) is 0 Å². The second kappa shape index (κ2) is 10.6. The molecule has 9 nitrogen and oxygen atoms in total. The molecule has 0 fully saturated rings. The maximum absolute atomic E-state index is 12.0. The van der Waals surface area contributed by atoms with E-state index in [4.69, 9.17) is 5.11 Å². The number of allylic oxidation sites excluding steroid dienone is 2. The Morgan fingerprint density at radius 2 is 1.83 bits per heavy atom. The minimum atomic E-state index is -1.04. The number of carbonyl (C=O) groups excluding carboxylic acids is 1. The van der Waals surface area contributed by atoms with Crippen LogP contribution in [0.5, 0.6) is 0 Å². The topological polar surface area (TPSA) is 129 Å². The molecular weight excluding hydrogens is 372 g/mol. The Morgan fingerprint density at radius 1 is 1.10 bits per heavy atom. The van der Waals surface area contributed by atoms with Crippen molar-refractivity contribution in [1.82, 2.24) is 25.6 Å². The van der Waals surface area contributed by atoms with Crippen molar-refractivity contribution in [3.05, 3.63) is 59.1 Å². The molecule has 2 rings (SSSR count). The molecule has 2 aromatic rings. The van der Waals surface area contributed by atoms with E-state index >= 15 is 0 Å². The van der Waals surface area contributed by atoms with Gasteiger partial charge in [-0.3, -0.25) is 19.8 Å². The van der Waals surface area contributed by atoms with Crippen LogP contribution in [0, 0.1) is 6.92 Å². The number of aliphatic imine (C=N–C) groups is 1. The van der Waals surface area contributed by atoms with Gasteiger partial charge in [-0.15, -0.1) is 0 Å². The van der Waals surface area contributed by atoms with Crippen LogP contribution >= 0.6 is 0 Å². The second-order valence-corrected chi connectivity index (χ2v) is 6.27. The Balaban J connectivity index is 1.92. The fourth-order valence-electron chi connectivity index (χ4n) is 2.48. The molecule has 0 saturated carbocycles. The van der Waals surface area contributed by atoms with Gasteiger partial charge < -0.3 is 15.7 Å². The summed E-state index contributed by atoms with van der Waals surface area (Å²) in [6.45, 7) is 4.77. The normalized spacial score (nSPS) is 11.8. The van der Waals surface area contributed by atoms with Crippen molar-refractivity contribution in [1.29, 1.82) is 0 Å². The molecule has 0 aliphatic heterocycles. The molecule has 152 valence electrons. The summed E-state index contributed by atoms with van der Waals surface area (Å²) in [7, 11) is 1.64. The molecule has 0 bridgehead atoms. The third kappa shape index (κ3) is 6.49. The van der Waals surface area contributed by atoms with Gasteiger partial charge >= 0.3 is 5.97 Å². The molecule has 0 aliphatic carbocycles. The predicted octanol–water partition coefficient (Wildman–Crippen LogP) is 1.72. The smallest absolute Gasteiger partial charge is 0.337 e. The maximum Gasteiger partial charge on any atom is 0.337 e. The molecule has 0 unspecified atom stereocenters. The first-order valence-electron chi connectivity index (χ1n) is 9.05. The van der Waals surface area contributed by atoms with E-state index in [-0.39, 0.29) is 17.2 Å². The number of aromatic carboxylic acids is 1. The van der Waals surface area contributed by atoms with Crippen LogP contribution in [-0.4, -0.2) is 58.3 Å². The summed E-state index contributed by atoms with van der Waals surface area (Å²) in [5, 5.41) is 15.2. The van der Waals surface area contributed by atoms with Gasteiger partial charge in [0.15, 0.2) is 0 Å². The Labute approximate surface area is 169 Å². The lowest BCUT2D eigenvalue weighted by Crippen LogP contribution is -2.28. The standard InChI is InChI=1S/C20H24N6O3/c1-13-8-26-18(12-25-13)19(27)24-6-4-5-23-14(2)17(11-21-3)15-7-16(20(28)29)10-22-9-15/h7-12,23H,4-6H2,1-3H3,(H,24,27)(H,28,29)/b17-14-,21-11?. The van der Waals surface area contributed by atoms with Crippen molar-refractivity contribution in [2.45, 2.75) is 20.3 Å². The van der Waals surface area contributed by atoms with Gasteiger partial charge in [0.2, 0.25) is 0 Å². The van der Waals surface area contributed by atoms with Crippen LogP contribution in [0.2, 0.25) is 0 Å². The number of aryl methyl sites for hydroxylation is 1. The van der Waals surface area contributed by atoms with Gasteiger partial charge in [-0.05, 0) is 26.3 Å². The highest BCUT2D eigenvalue weighted by Crippen LogP contribution is 2.16. The van der Waals surface area contributed by atoms with E-state index in [1.165, 1.54) is 12.4 Å². The average molecular weight is 396 g/mol. The van der Waals surface area contributed by atoms with E-state index < -0.39 is 5.97 Å². The van der Waals surface area contributed by atoms with Crippen LogP contribution in [0.15, 0.2) is 41.5 Å². The Hall–Kier alpha value is -3.62. The van der Waals surface area contributed by atoms with E-state index in [2.05, 4.69) is 30.6 Å². The van der Waals surface area contributed by atoms with Gasteiger partial charge in [0.25, 0.3) is 5.91 Å². The quantitative estimate of drug-likeness (QED) is 0.435. The van der Waals surface area contributed by atoms with E-state index in [9.17, 15) is 9.59 Å². The van der Waals surface area contributed by atoms with Crippen LogP contribution in [0.25, 0.3) is 5.57 Å². The Morgan fingerprint density at radius 3 is 2.48 bits per heavy atom. The number of rotatable bonds is 9. The lowest BCUT2D eigenvalue weighted by molar-refractivity contribution is 0.0696. The second-order valence-electron chi connectivity index (χ2n) is 6.27. The number of hydrogen-bond acceptors (Lipinski definition) is 7. The summed E-state index contributed by atoms with van der Waals surface area (Å²) >= 11 is 0. The number of nitrogens with one attached hydrogen (secondary N) is 2. The molecule has 0 aliphatic rings. The van der Waals surface area contributed by atoms with Crippen LogP contribution in [0.3, 0.4) is 0 Å². The van der Waals surface area contributed by atoms with Crippen molar-refractivity contribution >= 4 is 23.7 Å². The number of carbonyl (C=O) groups is 2. The molecule has 0 aromatic carbocycles. The minimum Gasteiger partial charge on any atom is -0.478 e. The van der Waals surface area contributed by atoms with Crippen molar-refractivity contribution in [3.63, 3.8) is 0 Å². The molecule has 9 heteroatoms. The van der Waals surface area contributed by atoms with Crippen LogP contribution in [0.1, 0.15) is 45.4 Å². The van der Waals surface area contributed by atoms with Crippen LogP contribution in [-0.2, 0) is 0 Å². The highest BCUT2D eigenvalue weighted by atomic mass is 16.4. The zero-order valence-corrected chi connectivity index (χ0v) is 16.6. The number of pyridine rings is 1. The molecule has 0 radical (unpaired) electrons. The number of aromatic nitrogens is 3. The number of hydrogen-bond donors (Lipinski definition) is 3. The first-order chi connectivity index (χ1) is 13.9. The Kier molecular flexibility index (Phi) is 7.96. The molecule has 0 saturated heterocycles. The van der Waals surface area contributed by atoms with Gasteiger partial charge in [-0.2, -0.15) is 0 Å². The molecule has 2 aromatic heterocycles. The number of carboxylic acid groups (broad SMARTS) is 1. The minimum absolute atomic E-state index is 0.110. The molecular formula is C20H24N6O3. The highest BCUT2D eigenvalue weighted by molar-refractivity contribution is 6.11. The lowest BCUT2D eigenvalue weighted by Gasteiger charge is -2.12. The summed E-state index contributed by atoms with van der Waals surface area (Å²) in [5.41, 5.74) is 3.39. The fourth-order valence-corrected chi connectivity index (χ4v) is 2.48.